The highest BCUT2D eigenvalue weighted by atomic mass is 35.5. The van der Waals surface area contributed by atoms with E-state index in [-0.39, 0.29) is 18.6 Å². The number of amides is 2. The summed E-state index contributed by atoms with van der Waals surface area (Å²) >= 11 is 6.15. The SMILES string of the molecule is NCC1(F)CCN(C(=O)N[C@H](c2cccc(Cl)c2)C2CCCC2)CC1. The lowest BCUT2D eigenvalue weighted by Gasteiger charge is -2.37. The molecular formula is C19H27ClFN3O. The van der Waals surface area contributed by atoms with Crippen molar-refractivity contribution in [3.05, 3.63) is 34.9 Å². The Hall–Kier alpha value is -1.33. The summed E-state index contributed by atoms with van der Waals surface area (Å²) in [5.41, 5.74) is 5.23. The first-order valence-electron chi connectivity index (χ1n) is 9.21. The summed E-state index contributed by atoms with van der Waals surface area (Å²) in [7, 11) is 0. The number of hydrogen-bond donors (Lipinski definition) is 2. The van der Waals surface area contributed by atoms with Crippen molar-refractivity contribution in [1.82, 2.24) is 10.2 Å². The standard InChI is InChI=1S/C19H27ClFN3O/c20-16-7-3-6-15(12-16)17(14-4-1-2-5-14)23-18(25)24-10-8-19(21,13-22)9-11-24/h3,6-7,12,14,17H,1-2,4-5,8-11,13,22H2,(H,23,25)/t17-/m0/s1. The highest BCUT2D eigenvalue weighted by Crippen LogP contribution is 2.36. The Bertz CT molecular complexity index is 598. The van der Waals surface area contributed by atoms with E-state index in [0.717, 1.165) is 18.4 Å². The second kappa shape index (κ2) is 7.92. The molecule has 2 aliphatic rings. The van der Waals surface area contributed by atoms with Gasteiger partial charge in [-0.15, -0.1) is 0 Å². The molecule has 1 aromatic carbocycles. The summed E-state index contributed by atoms with van der Waals surface area (Å²) in [5.74, 6) is 0.427. The molecule has 0 aromatic heterocycles. The van der Waals surface area contributed by atoms with Crippen LogP contribution >= 0.6 is 11.6 Å². The normalized spacial score (nSPS) is 22.0. The molecule has 1 aliphatic heterocycles. The fraction of sp³-hybridized carbons (Fsp3) is 0.632. The van der Waals surface area contributed by atoms with E-state index >= 15 is 0 Å². The molecule has 3 rings (SSSR count). The molecule has 0 radical (unpaired) electrons. The Kier molecular flexibility index (Phi) is 5.85. The first-order valence-corrected chi connectivity index (χ1v) is 9.58. The van der Waals surface area contributed by atoms with Gasteiger partial charge in [-0.2, -0.15) is 0 Å². The molecule has 1 saturated carbocycles. The lowest BCUT2D eigenvalue weighted by Crippen LogP contribution is -2.51. The van der Waals surface area contributed by atoms with Crippen LogP contribution in [0.25, 0.3) is 0 Å². The van der Waals surface area contributed by atoms with Crippen molar-refractivity contribution in [2.75, 3.05) is 19.6 Å². The largest absolute Gasteiger partial charge is 0.331 e. The molecule has 25 heavy (non-hydrogen) atoms. The molecule has 1 atom stereocenters. The van der Waals surface area contributed by atoms with Gasteiger partial charge in [0.1, 0.15) is 5.67 Å². The van der Waals surface area contributed by atoms with E-state index in [4.69, 9.17) is 17.3 Å². The molecule has 0 unspecified atom stereocenters. The Morgan fingerprint density at radius 3 is 2.64 bits per heavy atom. The zero-order chi connectivity index (χ0) is 17.9. The molecule has 1 saturated heterocycles. The van der Waals surface area contributed by atoms with E-state index in [9.17, 15) is 9.18 Å². The van der Waals surface area contributed by atoms with E-state index in [2.05, 4.69) is 5.32 Å². The van der Waals surface area contributed by atoms with Gasteiger partial charge in [-0.05, 0) is 36.5 Å². The van der Waals surface area contributed by atoms with Gasteiger partial charge in [0.05, 0.1) is 6.04 Å². The summed E-state index contributed by atoms with van der Waals surface area (Å²) in [6.07, 6.45) is 5.23. The minimum Gasteiger partial charge on any atom is -0.331 e. The average Bonchev–Trinajstić information content (AvgIpc) is 3.14. The zero-order valence-corrected chi connectivity index (χ0v) is 15.3. The number of carbonyl (C=O) groups is 1. The zero-order valence-electron chi connectivity index (χ0n) is 14.5. The van der Waals surface area contributed by atoms with E-state index < -0.39 is 5.67 Å². The van der Waals surface area contributed by atoms with Crippen LogP contribution in [0, 0.1) is 5.92 Å². The number of carbonyl (C=O) groups excluding carboxylic acids is 1. The van der Waals surface area contributed by atoms with E-state index in [1.165, 1.54) is 12.8 Å². The fourth-order valence-corrected chi connectivity index (χ4v) is 4.20. The molecule has 3 N–H and O–H groups in total. The lowest BCUT2D eigenvalue weighted by atomic mass is 9.91. The number of nitrogens with two attached hydrogens (primary N) is 1. The van der Waals surface area contributed by atoms with Crippen LogP contribution in [-0.2, 0) is 0 Å². The number of hydrogen-bond acceptors (Lipinski definition) is 2. The van der Waals surface area contributed by atoms with Crippen LogP contribution in [-0.4, -0.2) is 36.2 Å². The van der Waals surface area contributed by atoms with Crippen LogP contribution in [0.15, 0.2) is 24.3 Å². The predicted octanol–water partition coefficient (Wildman–Crippen LogP) is 4.04. The Labute approximate surface area is 153 Å². The van der Waals surface area contributed by atoms with Crippen LogP contribution in [0.4, 0.5) is 9.18 Å². The van der Waals surface area contributed by atoms with Gasteiger partial charge < -0.3 is 16.0 Å². The van der Waals surface area contributed by atoms with E-state index in [1.54, 1.807) is 4.90 Å². The third-order valence-electron chi connectivity index (χ3n) is 5.67. The quantitative estimate of drug-likeness (QED) is 0.843. The van der Waals surface area contributed by atoms with Crippen LogP contribution in [0.3, 0.4) is 0 Å². The number of nitrogens with zero attached hydrogens (tertiary/aromatic N) is 1. The number of halogens is 2. The number of urea groups is 1. The summed E-state index contributed by atoms with van der Waals surface area (Å²) in [6, 6.07) is 7.56. The maximum Gasteiger partial charge on any atom is 0.317 e. The van der Waals surface area contributed by atoms with Gasteiger partial charge in [0.2, 0.25) is 0 Å². The van der Waals surface area contributed by atoms with Crippen molar-refractivity contribution < 1.29 is 9.18 Å². The van der Waals surface area contributed by atoms with Crippen molar-refractivity contribution in [3.8, 4) is 0 Å². The first kappa shape index (κ1) is 18.5. The molecule has 1 aliphatic carbocycles. The third kappa shape index (κ3) is 4.45. The summed E-state index contributed by atoms with van der Waals surface area (Å²) in [4.78, 5) is 14.5. The maximum atomic E-state index is 14.3. The first-order chi connectivity index (χ1) is 12.0. The highest BCUT2D eigenvalue weighted by molar-refractivity contribution is 6.30. The number of rotatable bonds is 4. The molecule has 0 bridgehead atoms. The Morgan fingerprint density at radius 1 is 1.36 bits per heavy atom. The van der Waals surface area contributed by atoms with Crippen molar-refractivity contribution in [2.24, 2.45) is 11.7 Å². The molecule has 1 heterocycles. The number of piperidine rings is 1. The Balaban J connectivity index is 1.69. The molecule has 1 aromatic rings. The van der Waals surface area contributed by atoms with E-state index in [0.29, 0.717) is 36.9 Å². The van der Waals surface area contributed by atoms with Gasteiger partial charge in [0, 0.05) is 37.5 Å². The summed E-state index contributed by atoms with van der Waals surface area (Å²) < 4.78 is 14.3. The van der Waals surface area contributed by atoms with E-state index in [1.807, 2.05) is 24.3 Å². The lowest BCUT2D eigenvalue weighted by molar-refractivity contribution is 0.0768. The molecular weight excluding hydrogens is 341 g/mol. The van der Waals surface area contributed by atoms with Crippen LogP contribution in [0.1, 0.15) is 50.1 Å². The van der Waals surface area contributed by atoms with Crippen LogP contribution < -0.4 is 11.1 Å². The van der Waals surface area contributed by atoms with Crippen molar-refractivity contribution >= 4 is 17.6 Å². The Morgan fingerprint density at radius 2 is 2.04 bits per heavy atom. The monoisotopic (exact) mass is 367 g/mol. The molecule has 2 fully saturated rings. The summed E-state index contributed by atoms with van der Waals surface area (Å²) in [6.45, 7) is 0.842. The fourth-order valence-electron chi connectivity index (χ4n) is 4.00. The van der Waals surface area contributed by atoms with Crippen molar-refractivity contribution in [3.63, 3.8) is 0 Å². The van der Waals surface area contributed by atoms with Crippen LogP contribution in [0.2, 0.25) is 5.02 Å². The maximum absolute atomic E-state index is 14.3. The predicted molar refractivity (Wildman–Crippen MR) is 98.4 cm³/mol. The highest BCUT2D eigenvalue weighted by Gasteiger charge is 2.36. The van der Waals surface area contributed by atoms with Crippen molar-refractivity contribution in [2.45, 2.75) is 50.2 Å². The molecule has 2 amide bonds. The minimum atomic E-state index is -1.32. The van der Waals surface area contributed by atoms with Gasteiger partial charge >= 0.3 is 6.03 Å². The topological polar surface area (TPSA) is 58.4 Å². The van der Waals surface area contributed by atoms with Crippen molar-refractivity contribution in [1.29, 1.82) is 0 Å². The number of alkyl halides is 1. The van der Waals surface area contributed by atoms with Gasteiger partial charge in [-0.1, -0.05) is 36.6 Å². The van der Waals surface area contributed by atoms with Gasteiger partial charge in [0.15, 0.2) is 0 Å². The summed E-state index contributed by atoms with van der Waals surface area (Å²) in [5, 5.41) is 3.87. The second-order valence-corrected chi connectivity index (χ2v) is 7.81. The van der Waals surface area contributed by atoms with Crippen LogP contribution in [0.5, 0.6) is 0 Å². The van der Waals surface area contributed by atoms with Gasteiger partial charge in [-0.3, -0.25) is 0 Å². The number of likely N-dealkylation sites (tertiary alicyclic amines) is 1. The minimum absolute atomic E-state index is 0.0235. The molecule has 0 spiro atoms. The number of nitrogens with one attached hydrogen (secondary N) is 1. The smallest absolute Gasteiger partial charge is 0.317 e. The number of benzene rings is 1. The second-order valence-electron chi connectivity index (χ2n) is 7.37. The molecule has 4 nitrogen and oxygen atoms in total. The van der Waals surface area contributed by atoms with Gasteiger partial charge in [0.25, 0.3) is 0 Å². The van der Waals surface area contributed by atoms with Gasteiger partial charge in [-0.25, -0.2) is 9.18 Å². The third-order valence-corrected chi connectivity index (χ3v) is 5.91. The average molecular weight is 368 g/mol. The molecule has 138 valence electrons. The molecule has 6 heteroatoms.